The van der Waals surface area contributed by atoms with E-state index in [1.54, 1.807) is 0 Å². The molecule has 0 aliphatic carbocycles. The predicted octanol–water partition coefficient (Wildman–Crippen LogP) is 3.01. The summed E-state index contributed by atoms with van der Waals surface area (Å²) in [4.78, 5) is 4.34. The van der Waals surface area contributed by atoms with Crippen LogP contribution >= 0.6 is 11.8 Å². The normalized spacial score (nSPS) is 27.0. The van der Waals surface area contributed by atoms with Gasteiger partial charge in [-0.1, -0.05) is 0 Å². The van der Waals surface area contributed by atoms with Crippen molar-refractivity contribution in [3.05, 3.63) is 18.2 Å². The Kier molecular flexibility index (Phi) is 4.51. The monoisotopic (exact) mass is 253 g/mol. The maximum absolute atomic E-state index is 4.34. The van der Waals surface area contributed by atoms with E-state index in [-0.39, 0.29) is 0 Å². The van der Waals surface area contributed by atoms with Crippen LogP contribution in [0.25, 0.3) is 0 Å². The van der Waals surface area contributed by atoms with E-state index < -0.39 is 0 Å². The molecule has 0 saturated carbocycles. The van der Waals surface area contributed by atoms with Crippen molar-refractivity contribution >= 4 is 11.8 Å². The van der Waals surface area contributed by atoms with Crippen molar-refractivity contribution in [3.63, 3.8) is 0 Å². The van der Waals surface area contributed by atoms with Crippen LogP contribution in [0.4, 0.5) is 0 Å². The van der Waals surface area contributed by atoms with Crippen molar-refractivity contribution in [2.24, 2.45) is 0 Å². The third-order valence-electron chi connectivity index (χ3n) is 3.55. The average Bonchev–Trinajstić information content (AvgIpc) is 2.78. The Labute approximate surface area is 108 Å². The first-order valence-corrected chi connectivity index (χ1v) is 7.88. The highest BCUT2D eigenvalue weighted by atomic mass is 32.2. The van der Waals surface area contributed by atoms with Crippen LogP contribution in [-0.4, -0.2) is 27.6 Å². The van der Waals surface area contributed by atoms with Crippen molar-refractivity contribution in [1.82, 2.24) is 14.9 Å². The van der Waals surface area contributed by atoms with Crippen molar-refractivity contribution in [1.29, 1.82) is 0 Å². The average molecular weight is 253 g/mol. The lowest BCUT2D eigenvalue weighted by molar-refractivity contribution is 0.326. The lowest BCUT2D eigenvalue weighted by Gasteiger charge is -2.30. The second-order valence-electron chi connectivity index (χ2n) is 5.08. The summed E-state index contributed by atoms with van der Waals surface area (Å²) in [5.41, 5.74) is 1.36. The number of rotatable bonds is 4. The third-order valence-corrected chi connectivity index (χ3v) is 4.37. The van der Waals surface area contributed by atoms with E-state index in [0.29, 0.717) is 18.1 Å². The first-order valence-electron chi connectivity index (χ1n) is 6.49. The molecule has 1 aromatic rings. The fourth-order valence-corrected chi connectivity index (χ4v) is 3.29. The highest BCUT2D eigenvalue weighted by Gasteiger charge is 2.23. The van der Waals surface area contributed by atoms with Crippen LogP contribution in [0.3, 0.4) is 0 Å². The zero-order chi connectivity index (χ0) is 12.3. The molecule has 1 fully saturated rings. The summed E-state index contributed by atoms with van der Waals surface area (Å²) in [6, 6.07) is 1.65. The van der Waals surface area contributed by atoms with Crippen LogP contribution in [0.1, 0.15) is 50.9 Å². The molecule has 0 radical (unpaired) electrons. The van der Waals surface area contributed by atoms with Gasteiger partial charge in [0.05, 0.1) is 12.0 Å². The molecule has 3 atom stereocenters. The molecule has 3 unspecified atom stereocenters. The molecule has 0 bridgehead atoms. The number of hydrogen-bond donors (Lipinski definition) is 1. The zero-order valence-corrected chi connectivity index (χ0v) is 11.8. The number of hydrogen-bond acceptors (Lipinski definition) is 3. The molecule has 0 spiro atoms. The van der Waals surface area contributed by atoms with E-state index in [2.05, 4.69) is 35.0 Å². The fourth-order valence-electron chi connectivity index (χ4n) is 2.65. The van der Waals surface area contributed by atoms with Gasteiger partial charge in [-0.2, -0.15) is 11.8 Å². The van der Waals surface area contributed by atoms with Crippen LogP contribution in [-0.2, 0) is 0 Å². The molecule has 1 aliphatic heterocycles. The van der Waals surface area contributed by atoms with Gasteiger partial charge in [0.15, 0.2) is 0 Å². The molecule has 1 saturated heterocycles. The van der Waals surface area contributed by atoms with Crippen molar-refractivity contribution in [2.45, 2.75) is 51.2 Å². The topological polar surface area (TPSA) is 29.9 Å². The summed E-state index contributed by atoms with van der Waals surface area (Å²) in [6.45, 7) is 4.55. The maximum atomic E-state index is 4.34. The molecule has 4 heteroatoms. The number of aromatic nitrogens is 2. The van der Waals surface area contributed by atoms with Crippen molar-refractivity contribution < 1.29 is 0 Å². The molecular weight excluding hydrogens is 230 g/mol. The lowest BCUT2D eigenvalue weighted by Crippen LogP contribution is -2.36. The second kappa shape index (κ2) is 5.91. The van der Waals surface area contributed by atoms with Gasteiger partial charge in [-0.15, -0.1) is 0 Å². The molecule has 0 aromatic carbocycles. The lowest BCUT2D eigenvalue weighted by atomic mass is 9.97. The van der Waals surface area contributed by atoms with E-state index in [4.69, 9.17) is 0 Å². The van der Waals surface area contributed by atoms with E-state index in [9.17, 15) is 0 Å². The van der Waals surface area contributed by atoms with Crippen LogP contribution in [0, 0.1) is 0 Å². The first kappa shape index (κ1) is 13.0. The molecule has 96 valence electrons. The summed E-state index contributed by atoms with van der Waals surface area (Å²) < 4.78 is 2.34. The Hall–Kier alpha value is -0.480. The van der Waals surface area contributed by atoms with Gasteiger partial charge in [0.1, 0.15) is 0 Å². The summed E-state index contributed by atoms with van der Waals surface area (Å²) >= 11 is 1.89. The summed E-state index contributed by atoms with van der Waals surface area (Å²) in [6.07, 6.45) is 10.0. The summed E-state index contributed by atoms with van der Waals surface area (Å²) in [7, 11) is 0. The van der Waals surface area contributed by atoms with Crippen molar-refractivity contribution in [3.8, 4) is 0 Å². The van der Waals surface area contributed by atoms with E-state index in [1.807, 2.05) is 24.3 Å². The Bertz CT molecular complexity index is 350. The van der Waals surface area contributed by atoms with Gasteiger partial charge in [0.25, 0.3) is 0 Å². The smallest absolute Gasteiger partial charge is 0.0951 e. The molecule has 1 N–H and O–H groups in total. The second-order valence-corrected chi connectivity index (χ2v) is 5.99. The van der Waals surface area contributed by atoms with Gasteiger partial charge in [0, 0.05) is 30.1 Å². The third kappa shape index (κ3) is 3.05. The largest absolute Gasteiger partial charge is 0.330 e. The van der Waals surface area contributed by atoms with Gasteiger partial charge in [-0.25, -0.2) is 4.98 Å². The number of nitrogens with one attached hydrogen (secondary N) is 1. The predicted molar refractivity (Wildman–Crippen MR) is 74.5 cm³/mol. The minimum absolute atomic E-state index is 0.491. The SMILES string of the molecule is CSCC(C)n1cncc1C1CCCC(C)N1. The van der Waals surface area contributed by atoms with Gasteiger partial charge in [-0.3, -0.25) is 0 Å². The molecule has 0 amide bonds. The van der Waals surface area contributed by atoms with E-state index in [1.165, 1.54) is 25.0 Å². The first-order chi connectivity index (χ1) is 8.22. The van der Waals surface area contributed by atoms with Gasteiger partial charge in [0.2, 0.25) is 0 Å². The molecule has 1 aliphatic rings. The number of thioether (sulfide) groups is 1. The Morgan fingerprint density at radius 1 is 1.59 bits per heavy atom. The van der Waals surface area contributed by atoms with Crippen molar-refractivity contribution in [2.75, 3.05) is 12.0 Å². The Morgan fingerprint density at radius 2 is 2.41 bits per heavy atom. The highest BCUT2D eigenvalue weighted by Crippen LogP contribution is 2.27. The van der Waals surface area contributed by atoms with E-state index >= 15 is 0 Å². The number of imidazole rings is 1. The minimum Gasteiger partial charge on any atom is -0.330 e. The van der Waals surface area contributed by atoms with Crippen LogP contribution in [0.5, 0.6) is 0 Å². The summed E-state index contributed by atoms with van der Waals surface area (Å²) in [5.74, 6) is 1.14. The molecule has 1 aromatic heterocycles. The van der Waals surface area contributed by atoms with Gasteiger partial charge >= 0.3 is 0 Å². The summed E-state index contributed by atoms with van der Waals surface area (Å²) in [5, 5.41) is 3.69. The van der Waals surface area contributed by atoms with Gasteiger partial charge in [-0.05, 0) is 39.4 Å². The standard InChI is InChI=1S/C13H23N3S/c1-10-5-4-6-12(15-10)13-7-14-9-16(13)11(2)8-17-3/h7,9-12,15H,4-6,8H2,1-3H3. The molecule has 2 heterocycles. The van der Waals surface area contributed by atoms with Crippen LogP contribution < -0.4 is 5.32 Å². The maximum Gasteiger partial charge on any atom is 0.0951 e. The fraction of sp³-hybridized carbons (Fsp3) is 0.769. The molecular formula is C13H23N3S. The van der Waals surface area contributed by atoms with Crippen LogP contribution in [0.15, 0.2) is 12.5 Å². The number of nitrogens with zero attached hydrogens (tertiary/aromatic N) is 2. The quantitative estimate of drug-likeness (QED) is 0.894. The van der Waals surface area contributed by atoms with E-state index in [0.717, 1.165) is 5.75 Å². The van der Waals surface area contributed by atoms with Gasteiger partial charge < -0.3 is 9.88 Å². The molecule has 2 rings (SSSR count). The minimum atomic E-state index is 0.491. The zero-order valence-electron chi connectivity index (χ0n) is 11.0. The Morgan fingerprint density at radius 3 is 3.12 bits per heavy atom. The Balaban J connectivity index is 2.12. The highest BCUT2D eigenvalue weighted by molar-refractivity contribution is 7.98. The number of piperidine rings is 1. The van der Waals surface area contributed by atoms with Crippen LogP contribution in [0.2, 0.25) is 0 Å². The molecule has 3 nitrogen and oxygen atoms in total. The molecule has 17 heavy (non-hydrogen) atoms.